The van der Waals surface area contributed by atoms with Gasteiger partial charge in [-0.05, 0) is 25.5 Å². The van der Waals surface area contributed by atoms with Crippen LogP contribution in [0.25, 0.3) is 0 Å². The van der Waals surface area contributed by atoms with Gasteiger partial charge in [-0.2, -0.15) is 5.10 Å². The molecule has 8 heteroatoms. The van der Waals surface area contributed by atoms with Crippen molar-refractivity contribution in [2.24, 2.45) is 0 Å². The Morgan fingerprint density at radius 3 is 2.81 bits per heavy atom. The van der Waals surface area contributed by atoms with Crippen LogP contribution in [0.5, 0.6) is 0 Å². The van der Waals surface area contributed by atoms with Crippen LogP contribution < -0.4 is 10.2 Å². The first-order valence-electron chi connectivity index (χ1n) is 9.32. The monoisotopic (exact) mass is 355 g/mol. The van der Waals surface area contributed by atoms with Gasteiger partial charge in [-0.15, -0.1) is 0 Å². The van der Waals surface area contributed by atoms with E-state index in [1.54, 1.807) is 18.6 Å². The highest BCUT2D eigenvalue weighted by Gasteiger charge is 2.24. The van der Waals surface area contributed by atoms with E-state index in [4.69, 9.17) is 0 Å². The molecule has 2 aliphatic rings. The van der Waals surface area contributed by atoms with Crippen molar-refractivity contribution >= 4 is 11.7 Å². The number of piperidine rings is 1. The normalized spacial score (nSPS) is 21.0. The second kappa shape index (κ2) is 7.82. The number of nitrogens with zero attached hydrogens (tertiary/aromatic N) is 6. The van der Waals surface area contributed by atoms with Gasteiger partial charge in [0.2, 0.25) is 5.91 Å². The Bertz CT molecular complexity index is 718. The third-order valence-electron chi connectivity index (χ3n) is 5.26. The summed E-state index contributed by atoms with van der Waals surface area (Å²) in [4.78, 5) is 25.3. The van der Waals surface area contributed by atoms with Crippen molar-refractivity contribution in [2.45, 2.75) is 25.3 Å². The van der Waals surface area contributed by atoms with E-state index in [1.165, 1.54) is 12.1 Å². The topological polar surface area (TPSA) is 79.2 Å². The lowest BCUT2D eigenvalue weighted by Crippen LogP contribution is -2.50. The van der Waals surface area contributed by atoms with Crippen molar-refractivity contribution < 1.29 is 4.79 Å². The summed E-state index contributed by atoms with van der Waals surface area (Å²) in [7, 11) is 0. The van der Waals surface area contributed by atoms with Crippen LogP contribution in [-0.2, 0) is 11.3 Å². The Kier molecular flexibility index (Phi) is 5.10. The molecule has 0 aliphatic carbocycles. The molecule has 1 amide bonds. The molecular formula is C18H25N7O. The average Bonchev–Trinajstić information content (AvgIpc) is 3.17. The SMILES string of the molecule is O=C(Cn1nccc1[C@@H]1CCCNC1)N1CCN(c2cnccn2)CC1. The number of piperazine rings is 1. The maximum absolute atomic E-state index is 12.7. The predicted molar refractivity (Wildman–Crippen MR) is 97.9 cm³/mol. The lowest BCUT2D eigenvalue weighted by Gasteiger charge is -2.35. The third-order valence-corrected chi connectivity index (χ3v) is 5.26. The quantitative estimate of drug-likeness (QED) is 0.860. The Balaban J connectivity index is 1.34. The summed E-state index contributed by atoms with van der Waals surface area (Å²) in [6.07, 6.45) is 9.28. The predicted octanol–water partition coefficient (Wildman–Crippen LogP) is 0.489. The van der Waals surface area contributed by atoms with E-state index in [9.17, 15) is 4.79 Å². The van der Waals surface area contributed by atoms with Gasteiger partial charge in [-0.25, -0.2) is 4.98 Å². The van der Waals surface area contributed by atoms with Gasteiger partial charge in [-0.3, -0.25) is 14.5 Å². The molecule has 138 valence electrons. The number of aromatic nitrogens is 4. The minimum Gasteiger partial charge on any atom is -0.352 e. The smallest absolute Gasteiger partial charge is 0.244 e. The standard InChI is InChI=1S/C18H25N7O/c26-18(14-25-16(3-5-22-25)15-2-1-4-19-12-15)24-10-8-23(9-11-24)17-13-20-6-7-21-17/h3,5-7,13,15,19H,1-2,4,8-12,14H2/t15-/m1/s1. The number of rotatable bonds is 4. The molecular weight excluding hydrogens is 330 g/mol. The van der Waals surface area contributed by atoms with Gasteiger partial charge in [0.1, 0.15) is 12.4 Å². The summed E-state index contributed by atoms with van der Waals surface area (Å²) in [6, 6.07) is 2.05. The van der Waals surface area contributed by atoms with Gasteiger partial charge in [0.15, 0.2) is 0 Å². The fraction of sp³-hybridized carbons (Fsp3) is 0.556. The van der Waals surface area contributed by atoms with Gasteiger partial charge in [0, 0.05) is 62.9 Å². The van der Waals surface area contributed by atoms with Crippen molar-refractivity contribution in [1.82, 2.24) is 30.0 Å². The number of hydrogen-bond acceptors (Lipinski definition) is 6. The lowest BCUT2D eigenvalue weighted by molar-refractivity contribution is -0.132. The van der Waals surface area contributed by atoms with Gasteiger partial charge in [0.05, 0.1) is 6.20 Å². The van der Waals surface area contributed by atoms with Crippen molar-refractivity contribution in [3.05, 3.63) is 36.5 Å². The molecule has 2 aromatic rings. The van der Waals surface area contributed by atoms with Gasteiger partial charge >= 0.3 is 0 Å². The lowest BCUT2D eigenvalue weighted by atomic mass is 9.96. The summed E-state index contributed by atoms with van der Waals surface area (Å²) in [6.45, 7) is 5.35. The molecule has 0 saturated carbocycles. The summed E-state index contributed by atoms with van der Waals surface area (Å²) in [5, 5.41) is 7.84. The van der Waals surface area contributed by atoms with Crippen LogP contribution in [0.1, 0.15) is 24.5 Å². The first-order valence-corrected chi connectivity index (χ1v) is 9.32. The number of nitrogens with one attached hydrogen (secondary N) is 1. The van der Waals surface area contributed by atoms with Crippen LogP contribution in [0.15, 0.2) is 30.9 Å². The second-order valence-corrected chi connectivity index (χ2v) is 6.89. The van der Waals surface area contributed by atoms with Crippen LogP contribution in [0, 0.1) is 0 Å². The molecule has 2 aliphatic heterocycles. The average molecular weight is 355 g/mol. The Morgan fingerprint density at radius 2 is 2.08 bits per heavy atom. The van der Waals surface area contributed by atoms with E-state index in [0.29, 0.717) is 25.6 Å². The highest BCUT2D eigenvalue weighted by Crippen LogP contribution is 2.23. The van der Waals surface area contributed by atoms with E-state index in [0.717, 1.165) is 38.4 Å². The summed E-state index contributed by atoms with van der Waals surface area (Å²) < 4.78 is 1.88. The van der Waals surface area contributed by atoms with Gasteiger partial charge in [-0.1, -0.05) is 0 Å². The highest BCUT2D eigenvalue weighted by atomic mass is 16.2. The summed E-state index contributed by atoms with van der Waals surface area (Å²) >= 11 is 0. The Morgan fingerprint density at radius 1 is 1.19 bits per heavy atom. The molecule has 1 atom stereocenters. The van der Waals surface area contributed by atoms with E-state index < -0.39 is 0 Å². The number of anilines is 1. The molecule has 4 heterocycles. The zero-order valence-corrected chi connectivity index (χ0v) is 14.9. The molecule has 0 aromatic carbocycles. The molecule has 0 spiro atoms. The maximum atomic E-state index is 12.7. The number of carbonyl (C=O) groups is 1. The highest BCUT2D eigenvalue weighted by molar-refractivity contribution is 5.76. The van der Waals surface area contributed by atoms with Crippen LogP contribution in [0.4, 0.5) is 5.82 Å². The van der Waals surface area contributed by atoms with Crippen molar-refractivity contribution in [3.63, 3.8) is 0 Å². The molecule has 2 saturated heterocycles. The number of carbonyl (C=O) groups excluding carboxylic acids is 1. The Labute approximate surface area is 153 Å². The van der Waals surface area contributed by atoms with E-state index in [1.807, 2.05) is 15.8 Å². The number of hydrogen-bond donors (Lipinski definition) is 1. The Hall–Kier alpha value is -2.48. The van der Waals surface area contributed by atoms with Crippen molar-refractivity contribution in [2.75, 3.05) is 44.2 Å². The molecule has 2 fully saturated rings. The molecule has 0 bridgehead atoms. The largest absolute Gasteiger partial charge is 0.352 e. The van der Waals surface area contributed by atoms with Crippen LogP contribution in [0.2, 0.25) is 0 Å². The second-order valence-electron chi connectivity index (χ2n) is 6.89. The van der Waals surface area contributed by atoms with Crippen molar-refractivity contribution in [3.8, 4) is 0 Å². The molecule has 4 rings (SSSR count). The molecule has 0 unspecified atom stereocenters. The molecule has 2 aromatic heterocycles. The fourth-order valence-electron chi connectivity index (χ4n) is 3.79. The van der Waals surface area contributed by atoms with Crippen LogP contribution >= 0.6 is 0 Å². The van der Waals surface area contributed by atoms with Crippen LogP contribution in [-0.4, -0.2) is 69.8 Å². The molecule has 1 N–H and O–H groups in total. The molecule has 0 radical (unpaired) electrons. The van der Waals surface area contributed by atoms with Crippen LogP contribution in [0.3, 0.4) is 0 Å². The van der Waals surface area contributed by atoms with Gasteiger partial charge < -0.3 is 15.1 Å². The van der Waals surface area contributed by atoms with E-state index in [-0.39, 0.29) is 5.91 Å². The molecule has 26 heavy (non-hydrogen) atoms. The summed E-state index contributed by atoms with van der Waals surface area (Å²) in [5.74, 6) is 1.46. The van der Waals surface area contributed by atoms with Crippen molar-refractivity contribution in [1.29, 1.82) is 0 Å². The zero-order valence-electron chi connectivity index (χ0n) is 14.9. The van der Waals surface area contributed by atoms with Gasteiger partial charge in [0.25, 0.3) is 0 Å². The summed E-state index contributed by atoms with van der Waals surface area (Å²) in [5.41, 5.74) is 1.17. The fourth-order valence-corrected chi connectivity index (χ4v) is 3.79. The first kappa shape index (κ1) is 17.0. The van der Waals surface area contributed by atoms with E-state index in [2.05, 4.69) is 31.3 Å². The maximum Gasteiger partial charge on any atom is 0.244 e. The first-order chi connectivity index (χ1) is 12.8. The van der Waals surface area contributed by atoms with E-state index >= 15 is 0 Å². The minimum atomic E-state index is 0.137. The number of amides is 1. The minimum absolute atomic E-state index is 0.137. The molecule has 8 nitrogen and oxygen atoms in total. The zero-order chi connectivity index (χ0) is 17.8. The third kappa shape index (κ3) is 3.70.